The summed E-state index contributed by atoms with van der Waals surface area (Å²) in [5.74, 6) is 0. The topological polar surface area (TPSA) is 74.6 Å². The van der Waals surface area contributed by atoms with Gasteiger partial charge in [-0.1, -0.05) is 12.2 Å². The van der Waals surface area contributed by atoms with E-state index < -0.39 is 17.4 Å². The Balaban J connectivity index is 2.89. The first-order chi connectivity index (χ1) is 5.61. The molecule has 0 unspecified atom stereocenters. The second-order valence-corrected chi connectivity index (χ2v) is 3.31. The summed E-state index contributed by atoms with van der Waals surface area (Å²) < 4.78 is 20.8. The molecule has 0 spiro atoms. The van der Waals surface area contributed by atoms with Crippen molar-refractivity contribution in [2.75, 3.05) is 0 Å². The second kappa shape index (κ2) is 3.71. The van der Waals surface area contributed by atoms with E-state index >= 15 is 0 Å². The van der Waals surface area contributed by atoms with E-state index in [1.54, 1.807) is 0 Å². The lowest BCUT2D eigenvalue weighted by Gasteiger charge is -2.04. The molecular formula is C6H7BO4S. The minimum atomic E-state index is -2.21. The van der Waals surface area contributed by atoms with Gasteiger partial charge in [0.1, 0.15) is 0 Å². The SMILES string of the molecule is O=S(=O)=C1C=CC(B(O)O)=CC1. The molecule has 1 aliphatic carbocycles. The molecule has 0 saturated heterocycles. The van der Waals surface area contributed by atoms with Gasteiger partial charge in [0.15, 0.2) is 0 Å². The minimum Gasteiger partial charge on any atom is -0.423 e. The van der Waals surface area contributed by atoms with Crippen LogP contribution >= 0.6 is 0 Å². The lowest BCUT2D eigenvalue weighted by atomic mass is 9.77. The monoisotopic (exact) mass is 186 g/mol. The van der Waals surface area contributed by atoms with Crippen LogP contribution in [0.2, 0.25) is 0 Å². The standard InChI is InChI=1S/C6H7BO4S/c8-7(9)5-1-3-6(4-2-5)12(10)11/h1-3,8-9H,4H2. The summed E-state index contributed by atoms with van der Waals surface area (Å²) in [4.78, 5) is 0.249. The summed E-state index contributed by atoms with van der Waals surface area (Å²) in [6.45, 7) is 0. The summed E-state index contributed by atoms with van der Waals surface area (Å²) >= 11 is 0. The zero-order chi connectivity index (χ0) is 9.14. The Hall–Kier alpha value is -0.845. The van der Waals surface area contributed by atoms with Gasteiger partial charge < -0.3 is 10.0 Å². The Bertz CT molecular complexity index is 352. The minimum absolute atomic E-state index is 0.222. The molecule has 0 amide bonds. The zero-order valence-corrected chi connectivity index (χ0v) is 6.95. The molecule has 1 aliphatic rings. The van der Waals surface area contributed by atoms with Crippen molar-refractivity contribution in [3.8, 4) is 0 Å². The van der Waals surface area contributed by atoms with Gasteiger partial charge in [0.05, 0.1) is 4.86 Å². The molecule has 0 aromatic carbocycles. The first-order valence-corrected chi connectivity index (χ1v) is 4.38. The maximum Gasteiger partial charge on any atom is 0.488 e. The summed E-state index contributed by atoms with van der Waals surface area (Å²) in [5, 5.41) is 17.3. The van der Waals surface area contributed by atoms with E-state index in [4.69, 9.17) is 10.0 Å². The molecule has 0 bridgehead atoms. The largest absolute Gasteiger partial charge is 0.488 e. The van der Waals surface area contributed by atoms with Crippen LogP contribution in [0.25, 0.3) is 0 Å². The summed E-state index contributed by atoms with van der Waals surface area (Å²) in [6.07, 6.45) is 4.42. The molecule has 4 nitrogen and oxygen atoms in total. The third-order valence-electron chi connectivity index (χ3n) is 1.51. The van der Waals surface area contributed by atoms with Gasteiger partial charge in [-0.15, -0.1) is 0 Å². The molecule has 0 fully saturated rings. The molecule has 12 heavy (non-hydrogen) atoms. The van der Waals surface area contributed by atoms with Gasteiger partial charge in [0.2, 0.25) is 10.3 Å². The highest BCUT2D eigenvalue weighted by atomic mass is 32.2. The van der Waals surface area contributed by atoms with Gasteiger partial charge in [0.25, 0.3) is 0 Å². The lowest BCUT2D eigenvalue weighted by Crippen LogP contribution is -2.16. The first kappa shape index (κ1) is 9.24. The Morgan fingerprint density at radius 1 is 1.33 bits per heavy atom. The maximum atomic E-state index is 10.4. The Morgan fingerprint density at radius 3 is 2.33 bits per heavy atom. The number of allylic oxidation sites excluding steroid dienone is 4. The molecule has 2 N–H and O–H groups in total. The van der Waals surface area contributed by atoms with Crippen molar-refractivity contribution in [2.45, 2.75) is 6.42 Å². The van der Waals surface area contributed by atoms with E-state index in [9.17, 15) is 8.42 Å². The predicted molar refractivity (Wildman–Crippen MR) is 46.0 cm³/mol. The van der Waals surface area contributed by atoms with Crippen molar-refractivity contribution in [3.63, 3.8) is 0 Å². The average molecular weight is 186 g/mol. The van der Waals surface area contributed by atoms with E-state index in [2.05, 4.69) is 0 Å². The van der Waals surface area contributed by atoms with E-state index in [0.717, 1.165) is 0 Å². The molecule has 6 heteroatoms. The molecule has 0 heterocycles. The molecule has 64 valence electrons. The second-order valence-electron chi connectivity index (χ2n) is 2.32. The molecule has 0 saturated carbocycles. The number of hydrogen-bond donors (Lipinski definition) is 2. The van der Waals surface area contributed by atoms with Gasteiger partial charge in [0, 0.05) is 6.42 Å². The van der Waals surface area contributed by atoms with Crippen LogP contribution in [0.3, 0.4) is 0 Å². The van der Waals surface area contributed by atoms with Crippen LogP contribution in [-0.2, 0) is 10.3 Å². The molecule has 0 aliphatic heterocycles. The van der Waals surface area contributed by atoms with Crippen molar-refractivity contribution >= 4 is 22.3 Å². The van der Waals surface area contributed by atoms with Gasteiger partial charge in [-0.3, -0.25) is 0 Å². The summed E-state index contributed by atoms with van der Waals surface area (Å²) in [7, 11) is -3.73. The normalized spacial score (nSPS) is 15.8. The molecule has 1 rings (SSSR count). The molecule has 0 aromatic rings. The zero-order valence-electron chi connectivity index (χ0n) is 6.14. The van der Waals surface area contributed by atoms with E-state index in [1.165, 1.54) is 18.2 Å². The third-order valence-corrected chi connectivity index (χ3v) is 2.24. The third kappa shape index (κ3) is 2.07. The highest BCUT2D eigenvalue weighted by molar-refractivity contribution is 7.73. The Kier molecular flexibility index (Phi) is 2.85. The fourth-order valence-corrected chi connectivity index (χ4v) is 1.26. The fourth-order valence-electron chi connectivity index (χ4n) is 0.859. The Morgan fingerprint density at radius 2 is 2.00 bits per heavy atom. The highest BCUT2D eigenvalue weighted by Gasteiger charge is 2.14. The molecule has 0 radical (unpaired) electrons. The van der Waals surface area contributed by atoms with E-state index in [0.29, 0.717) is 5.47 Å². The van der Waals surface area contributed by atoms with Crippen LogP contribution < -0.4 is 0 Å². The Labute approximate surface area is 71.5 Å². The number of rotatable bonds is 1. The number of hydrogen-bond acceptors (Lipinski definition) is 4. The van der Waals surface area contributed by atoms with Gasteiger partial charge in [-0.25, -0.2) is 0 Å². The van der Waals surface area contributed by atoms with Crippen molar-refractivity contribution in [1.29, 1.82) is 0 Å². The lowest BCUT2D eigenvalue weighted by molar-refractivity contribution is 0.420. The van der Waals surface area contributed by atoms with Crippen LogP contribution in [0, 0.1) is 0 Å². The van der Waals surface area contributed by atoms with Crippen LogP contribution in [0.1, 0.15) is 6.42 Å². The van der Waals surface area contributed by atoms with Crippen LogP contribution in [0.4, 0.5) is 0 Å². The quantitative estimate of drug-likeness (QED) is 0.404. The highest BCUT2D eigenvalue weighted by Crippen LogP contribution is 2.07. The van der Waals surface area contributed by atoms with Crippen LogP contribution in [-0.4, -0.2) is 30.4 Å². The summed E-state index contributed by atoms with van der Waals surface area (Å²) in [6, 6.07) is 0. The predicted octanol–water partition coefficient (Wildman–Crippen LogP) is -1.06. The average Bonchev–Trinajstić information content (AvgIpc) is 2.04. The van der Waals surface area contributed by atoms with Crippen LogP contribution in [0.5, 0.6) is 0 Å². The molecule has 0 atom stereocenters. The summed E-state index contributed by atoms with van der Waals surface area (Å²) in [5.41, 5.74) is 0.323. The maximum absolute atomic E-state index is 10.4. The van der Waals surface area contributed by atoms with Gasteiger partial charge in [-0.05, 0) is 11.5 Å². The smallest absolute Gasteiger partial charge is 0.423 e. The van der Waals surface area contributed by atoms with Crippen molar-refractivity contribution in [1.82, 2.24) is 0 Å². The first-order valence-electron chi connectivity index (χ1n) is 3.30. The van der Waals surface area contributed by atoms with Crippen LogP contribution in [0.15, 0.2) is 23.7 Å². The van der Waals surface area contributed by atoms with Crippen molar-refractivity contribution in [2.24, 2.45) is 0 Å². The van der Waals surface area contributed by atoms with Crippen molar-refractivity contribution in [3.05, 3.63) is 23.7 Å². The van der Waals surface area contributed by atoms with E-state index in [1.807, 2.05) is 0 Å². The van der Waals surface area contributed by atoms with Gasteiger partial charge in [-0.2, -0.15) is 8.42 Å². The van der Waals surface area contributed by atoms with Gasteiger partial charge >= 0.3 is 7.12 Å². The van der Waals surface area contributed by atoms with E-state index in [-0.39, 0.29) is 11.3 Å². The fraction of sp³-hybridized carbons (Fsp3) is 0.167. The molecule has 0 aromatic heterocycles. The van der Waals surface area contributed by atoms with Crippen molar-refractivity contribution < 1.29 is 18.5 Å². The molecular weight excluding hydrogens is 179 g/mol.